The lowest BCUT2D eigenvalue weighted by atomic mass is 10.0. The summed E-state index contributed by atoms with van der Waals surface area (Å²) in [6.45, 7) is 3.50. The van der Waals surface area contributed by atoms with Gasteiger partial charge >= 0.3 is 6.03 Å². The molecular weight excluding hydrogens is 510 g/mol. The number of methoxy groups -OCH3 is 1. The van der Waals surface area contributed by atoms with E-state index in [1.165, 1.54) is 13.2 Å². The standard InChI is InChI=1S/C28H24ClN3O6/c1-16-4-10-21(12-17(16)2)32-27(35)22(26(34)31-28(32)36)13-18-5-11-23(24(14-18)37-3)38-15-25(33)30-20-8-6-19(29)7-9-20/h4-14H,15H2,1-3H3,(H,30,33)(H,31,34,36)/b22-13+. The monoisotopic (exact) mass is 533 g/mol. The number of barbiturate groups is 1. The Labute approximate surface area is 224 Å². The quantitative estimate of drug-likeness (QED) is 0.337. The van der Waals surface area contributed by atoms with Crippen molar-refractivity contribution in [1.29, 1.82) is 0 Å². The number of hydrogen-bond donors (Lipinski definition) is 2. The molecule has 5 amide bonds. The van der Waals surface area contributed by atoms with Gasteiger partial charge in [0, 0.05) is 10.7 Å². The first-order valence-corrected chi connectivity index (χ1v) is 11.9. The average Bonchev–Trinajstić information content (AvgIpc) is 2.89. The van der Waals surface area contributed by atoms with Gasteiger partial charge in [-0.2, -0.15) is 0 Å². The Hall–Kier alpha value is -4.63. The molecule has 0 aromatic heterocycles. The van der Waals surface area contributed by atoms with Crippen LogP contribution >= 0.6 is 11.6 Å². The highest BCUT2D eigenvalue weighted by Crippen LogP contribution is 2.30. The molecule has 2 N–H and O–H groups in total. The van der Waals surface area contributed by atoms with Crippen molar-refractivity contribution in [3.05, 3.63) is 87.9 Å². The minimum Gasteiger partial charge on any atom is -0.493 e. The van der Waals surface area contributed by atoms with Crippen LogP contribution in [0.4, 0.5) is 16.2 Å². The second-order valence-corrected chi connectivity index (χ2v) is 8.92. The maximum Gasteiger partial charge on any atom is 0.335 e. The van der Waals surface area contributed by atoms with Crippen LogP contribution in [0, 0.1) is 13.8 Å². The molecule has 4 rings (SSSR count). The first kappa shape index (κ1) is 26.4. The maximum absolute atomic E-state index is 13.2. The van der Waals surface area contributed by atoms with E-state index >= 15 is 0 Å². The smallest absolute Gasteiger partial charge is 0.335 e. The van der Waals surface area contributed by atoms with Crippen LogP contribution in [0.25, 0.3) is 6.08 Å². The van der Waals surface area contributed by atoms with E-state index in [-0.39, 0.29) is 29.6 Å². The summed E-state index contributed by atoms with van der Waals surface area (Å²) in [6, 6.07) is 15.7. The number of carbonyl (C=O) groups excluding carboxylic acids is 4. The number of aryl methyl sites for hydroxylation is 2. The third-order valence-electron chi connectivity index (χ3n) is 5.84. The number of anilines is 2. The first-order valence-electron chi connectivity index (χ1n) is 11.5. The van der Waals surface area contributed by atoms with Crippen molar-refractivity contribution in [1.82, 2.24) is 5.32 Å². The van der Waals surface area contributed by atoms with E-state index in [0.717, 1.165) is 16.0 Å². The van der Waals surface area contributed by atoms with Crippen LogP contribution in [0.3, 0.4) is 0 Å². The zero-order valence-electron chi connectivity index (χ0n) is 20.8. The molecule has 10 heteroatoms. The molecule has 0 unspecified atom stereocenters. The number of nitrogens with one attached hydrogen (secondary N) is 2. The van der Waals surface area contributed by atoms with Gasteiger partial charge in [-0.25, -0.2) is 9.69 Å². The van der Waals surface area contributed by atoms with E-state index in [4.69, 9.17) is 21.1 Å². The number of imide groups is 2. The Kier molecular flexibility index (Phi) is 7.78. The predicted molar refractivity (Wildman–Crippen MR) is 143 cm³/mol. The zero-order chi connectivity index (χ0) is 27.4. The van der Waals surface area contributed by atoms with Crippen molar-refractivity contribution in [2.45, 2.75) is 13.8 Å². The van der Waals surface area contributed by atoms with E-state index in [2.05, 4.69) is 10.6 Å². The van der Waals surface area contributed by atoms with Crippen LogP contribution in [0.15, 0.2) is 66.2 Å². The Morgan fingerprint density at radius 1 is 0.974 bits per heavy atom. The highest BCUT2D eigenvalue weighted by molar-refractivity contribution is 6.39. The lowest BCUT2D eigenvalue weighted by Crippen LogP contribution is -2.54. The van der Waals surface area contributed by atoms with Crippen LogP contribution in [0.5, 0.6) is 11.5 Å². The fourth-order valence-electron chi connectivity index (χ4n) is 3.69. The molecule has 3 aromatic rings. The van der Waals surface area contributed by atoms with Gasteiger partial charge in [-0.05, 0) is 85.1 Å². The summed E-state index contributed by atoms with van der Waals surface area (Å²) in [6.07, 6.45) is 1.36. The molecular formula is C28H24ClN3O6. The van der Waals surface area contributed by atoms with E-state index in [1.54, 1.807) is 60.7 Å². The number of hydrogen-bond acceptors (Lipinski definition) is 6. The summed E-state index contributed by atoms with van der Waals surface area (Å²) in [5.41, 5.74) is 3.05. The van der Waals surface area contributed by atoms with Gasteiger partial charge in [-0.3, -0.25) is 19.7 Å². The van der Waals surface area contributed by atoms with Gasteiger partial charge in [0.1, 0.15) is 5.57 Å². The van der Waals surface area contributed by atoms with Gasteiger partial charge in [-0.15, -0.1) is 0 Å². The molecule has 0 saturated carbocycles. The van der Waals surface area contributed by atoms with Gasteiger partial charge in [0.15, 0.2) is 18.1 Å². The highest BCUT2D eigenvalue weighted by Gasteiger charge is 2.37. The summed E-state index contributed by atoms with van der Waals surface area (Å²) < 4.78 is 11.0. The summed E-state index contributed by atoms with van der Waals surface area (Å²) in [7, 11) is 1.42. The van der Waals surface area contributed by atoms with Crippen molar-refractivity contribution in [2.75, 3.05) is 23.9 Å². The van der Waals surface area contributed by atoms with Crippen molar-refractivity contribution >= 4 is 52.8 Å². The van der Waals surface area contributed by atoms with Crippen LogP contribution in [-0.4, -0.2) is 37.5 Å². The van der Waals surface area contributed by atoms with Gasteiger partial charge in [-0.1, -0.05) is 23.7 Å². The number of carbonyl (C=O) groups is 4. The predicted octanol–water partition coefficient (Wildman–Crippen LogP) is 4.65. The molecule has 1 aliphatic rings. The van der Waals surface area contributed by atoms with E-state index in [9.17, 15) is 19.2 Å². The van der Waals surface area contributed by atoms with Gasteiger partial charge in [0.2, 0.25) is 0 Å². The lowest BCUT2D eigenvalue weighted by Gasteiger charge is -2.26. The first-order chi connectivity index (χ1) is 18.2. The molecule has 194 valence electrons. The second kappa shape index (κ2) is 11.2. The van der Waals surface area contributed by atoms with E-state index in [1.807, 2.05) is 13.8 Å². The third kappa shape index (κ3) is 5.84. The number of urea groups is 1. The molecule has 1 heterocycles. The fraction of sp³-hybridized carbons (Fsp3) is 0.143. The number of nitrogens with zero attached hydrogens (tertiary/aromatic N) is 1. The summed E-state index contributed by atoms with van der Waals surface area (Å²) >= 11 is 5.85. The van der Waals surface area contributed by atoms with Crippen LogP contribution in [0.2, 0.25) is 5.02 Å². The minimum atomic E-state index is -0.821. The van der Waals surface area contributed by atoms with Crippen LogP contribution in [0.1, 0.15) is 16.7 Å². The Balaban J connectivity index is 1.51. The Bertz CT molecular complexity index is 1470. The SMILES string of the molecule is COc1cc(/C=C2\C(=O)NC(=O)N(c3ccc(C)c(C)c3)C2=O)ccc1OCC(=O)Nc1ccc(Cl)cc1. The largest absolute Gasteiger partial charge is 0.493 e. The van der Waals surface area contributed by atoms with E-state index in [0.29, 0.717) is 22.0 Å². The molecule has 0 radical (unpaired) electrons. The minimum absolute atomic E-state index is 0.221. The van der Waals surface area contributed by atoms with Crippen LogP contribution in [-0.2, 0) is 14.4 Å². The number of halogens is 1. The summed E-state index contributed by atoms with van der Waals surface area (Å²) in [5.74, 6) is -1.38. The lowest BCUT2D eigenvalue weighted by molar-refractivity contribution is -0.122. The number of ether oxygens (including phenoxy) is 2. The van der Waals surface area contributed by atoms with Crippen molar-refractivity contribution < 1.29 is 28.7 Å². The van der Waals surface area contributed by atoms with Gasteiger partial charge < -0.3 is 14.8 Å². The normalized spacial score (nSPS) is 14.4. The Morgan fingerprint density at radius 3 is 2.39 bits per heavy atom. The summed E-state index contributed by atoms with van der Waals surface area (Å²) in [4.78, 5) is 51.4. The maximum atomic E-state index is 13.2. The van der Waals surface area contributed by atoms with Crippen LogP contribution < -0.4 is 25.0 Å². The second-order valence-electron chi connectivity index (χ2n) is 8.48. The van der Waals surface area contributed by atoms with Crippen molar-refractivity contribution in [3.8, 4) is 11.5 Å². The van der Waals surface area contributed by atoms with Crippen molar-refractivity contribution in [2.24, 2.45) is 0 Å². The van der Waals surface area contributed by atoms with Crippen molar-refractivity contribution in [3.63, 3.8) is 0 Å². The topological polar surface area (TPSA) is 114 Å². The fourth-order valence-corrected chi connectivity index (χ4v) is 3.82. The number of amides is 5. The van der Waals surface area contributed by atoms with Gasteiger partial charge in [0.25, 0.3) is 17.7 Å². The zero-order valence-corrected chi connectivity index (χ0v) is 21.6. The molecule has 0 aliphatic carbocycles. The highest BCUT2D eigenvalue weighted by atomic mass is 35.5. The number of benzene rings is 3. The molecule has 38 heavy (non-hydrogen) atoms. The summed E-state index contributed by atoms with van der Waals surface area (Å²) in [5, 5.41) is 5.45. The molecule has 3 aromatic carbocycles. The molecule has 0 atom stereocenters. The molecule has 1 aliphatic heterocycles. The van der Waals surface area contributed by atoms with E-state index < -0.39 is 17.8 Å². The third-order valence-corrected chi connectivity index (χ3v) is 6.09. The van der Waals surface area contributed by atoms with Gasteiger partial charge in [0.05, 0.1) is 12.8 Å². The molecule has 1 fully saturated rings. The number of rotatable bonds is 7. The Morgan fingerprint density at radius 2 is 1.71 bits per heavy atom. The molecule has 1 saturated heterocycles. The molecule has 0 bridgehead atoms. The molecule has 0 spiro atoms. The average molecular weight is 534 g/mol. The molecule has 9 nitrogen and oxygen atoms in total.